The Labute approximate surface area is 183 Å². The van der Waals surface area contributed by atoms with Gasteiger partial charge in [0, 0.05) is 23.2 Å². The first-order valence-corrected chi connectivity index (χ1v) is 10.2. The predicted molar refractivity (Wildman–Crippen MR) is 115 cm³/mol. The molecule has 0 aliphatic carbocycles. The number of halogens is 1. The van der Waals surface area contributed by atoms with E-state index >= 15 is 0 Å². The zero-order valence-electron chi connectivity index (χ0n) is 17.0. The van der Waals surface area contributed by atoms with Crippen molar-refractivity contribution < 1.29 is 18.7 Å². The maximum absolute atomic E-state index is 12.1. The Kier molecular flexibility index (Phi) is 7.61. The van der Waals surface area contributed by atoms with Crippen LogP contribution in [0.5, 0.6) is 0 Å². The molecule has 0 aliphatic rings. The van der Waals surface area contributed by atoms with E-state index in [1.54, 1.807) is 24.3 Å². The SMILES string of the molecule is CCCCn1nc(C(=O)OCC(=O)NCc2ccc(-c3ccc(Cl)cc3)o2)ccc1=O. The van der Waals surface area contributed by atoms with Gasteiger partial charge < -0.3 is 14.5 Å². The van der Waals surface area contributed by atoms with Crippen molar-refractivity contribution in [2.45, 2.75) is 32.9 Å². The van der Waals surface area contributed by atoms with Crippen LogP contribution in [0, 0.1) is 0 Å². The summed E-state index contributed by atoms with van der Waals surface area (Å²) in [5.41, 5.74) is 0.546. The molecular formula is C22H22ClN3O5. The summed E-state index contributed by atoms with van der Waals surface area (Å²) in [7, 11) is 0. The van der Waals surface area contributed by atoms with E-state index in [1.807, 2.05) is 19.1 Å². The number of nitrogens with zero attached hydrogens (tertiary/aromatic N) is 2. The Hall–Kier alpha value is -3.39. The third kappa shape index (κ3) is 6.29. The van der Waals surface area contributed by atoms with Crippen LogP contribution in [0.15, 0.2) is 57.7 Å². The fourth-order valence-corrected chi connectivity index (χ4v) is 2.84. The smallest absolute Gasteiger partial charge is 0.359 e. The normalized spacial score (nSPS) is 10.6. The van der Waals surface area contributed by atoms with Gasteiger partial charge in [0.25, 0.3) is 11.5 Å². The maximum atomic E-state index is 12.1. The van der Waals surface area contributed by atoms with Gasteiger partial charge in [-0.3, -0.25) is 9.59 Å². The number of aryl methyl sites for hydroxylation is 1. The molecule has 2 aromatic heterocycles. The van der Waals surface area contributed by atoms with Gasteiger partial charge in [-0.05, 0) is 48.9 Å². The Morgan fingerprint density at radius 2 is 1.90 bits per heavy atom. The summed E-state index contributed by atoms with van der Waals surface area (Å²) >= 11 is 5.88. The van der Waals surface area contributed by atoms with Gasteiger partial charge >= 0.3 is 5.97 Å². The topological polar surface area (TPSA) is 103 Å². The first kappa shape index (κ1) is 22.3. The van der Waals surface area contributed by atoms with Crippen LogP contribution in [0.4, 0.5) is 0 Å². The number of nitrogens with one attached hydrogen (secondary N) is 1. The molecule has 0 aliphatic heterocycles. The fraction of sp³-hybridized carbons (Fsp3) is 0.273. The summed E-state index contributed by atoms with van der Waals surface area (Å²) in [6, 6.07) is 13.3. The molecule has 0 saturated heterocycles. The highest BCUT2D eigenvalue weighted by Gasteiger charge is 2.14. The molecule has 162 valence electrons. The molecule has 3 aromatic rings. The number of furan rings is 1. The van der Waals surface area contributed by atoms with E-state index in [2.05, 4.69) is 10.4 Å². The zero-order valence-corrected chi connectivity index (χ0v) is 17.7. The minimum absolute atomic E-state index is 0.0258. The van der Waals surface area contributed by atoms with Crippen molar-refractivity contribution in [1.82, 2.24) is 15.1 Å². The number of esters is 1. The molecule has 0 unspecified atom stereocenters. The molecule has 0 fully saturated rings. The van der Waals surface area contributed by atoms with Crippen LogP contribution in [0.25, 0.3) is 11.3 Å². The predicted octanol–water partition coefficient (Wildman–Crippen LogP) is 3.43. The van der Waals surface area contributed by atoms with Crippen molar-refractivity contribution in [2.75, 3.05) is 6.61 Å². The van der Waals surface area contributed by atoms with Gasteiger partial charge in [-0.25, -0.2) is 9.48 Å². The molecule has 8 nitrogen and oxygen atoms in total. The van der Waals surface area contributed by atoms with Crippen LogP contribution in [0.1, 0.15) is 36.0 Å². The van der Waals surface area contributed by atoms with Gasteiger partial charge in [-0.2, -0.15) is 5.10 Å². The number of benzene rings is 1. The zero-order chi connectivity index (χ0) is 22.2. The van der Waals surface area contributed by atoms with Crippen LogP contribution in [-0.2, 0) is 22.6 Å². The maximum Gasteiger partial charge on any atom is 0.359 e. The van der Waals surface area contributed by atoms with E-state index in [1.165, 1.54) is 16.8 Å². The average molecular weight is 444 g/mol. The lowest BCUT2D eigenvalue weighted by Crippen LogP contribution is -2.29. The van der Waals surface area contributed by atoms with Crippen LogP contribution in [0.2, 0.25) is 5.02 Å². The Bertz CT molecular complexity index is 1100. The van der Waals surface area contributed by atoms with Gasteiger partial charge in [0.15, 0.2) is 12.3 Å². The molecule has 0 saturated carbocycles. The van der Waals surface area contributed by atoms with Gasteiger partial charge in [0.1, 0.15) is 11.5 Å². The lowest BCUT2D eigenvalue weighted by Gasteiger charge is -2.07. The summed E-state index contributed by atoms with van der Waals surface area (Å²) in [6.45, 7) is 2.07. The second kappa shape index (κ2) is 10.6. The molecule has 1 amide bonds. The van der Waals surface area contributed by atoms with Gasteiger partial charge in [-0.1, -0.05) is 24.9 Å². The lowest BCUT2D eigenvalue weighted by molar-refractivity contribution is -0.124. The van der Waals surface area contributed by atoms with E-state index in [-0.39, 0.29) is 17.8 Å². The first-order chi connectivity index (χ1) is 15.0. The summed E-state index contributed by atoms with van der Waals surface area (Å²) in [5, 5.41) is 7.25. The molecular weight excluding hydrogens is 422 g/mol. The lowest BCUT2D eigenvalue weighted by atomic mass is 10.2. The van der Waals surface area contributed by atoms with Crippen molar-refractivity contribution in [1.29, 1.82) is 0 Å². The van der Waals surface area contributed by atoms with Crippen LogP contribution in [0.3, 0.4) is 0 Å². The number of ether oxygens (including phenoxy) is 1. The van der Waals surface area contributed by atoms with E-state index in [0.717, 1.165) is 18.4 Å². The molecule has 0 radical (unpaired) electrons. The number of rotatable bonds is 9. The second-order valence-electron chi connectivity index (χ2n) is 6.76. The van der Waals surface area contributed by atoms with Gasteiger partial charge in [0.05, 0.1) is 6.54 Å². The molecule has 3 rings (SSSR count). The minimum atomic E-state index is -0.775. The number of hydrogen-bond donors (Lipinski definition) is 1. The van der Waals surface area contributed by atoms with Crippen molar-refractivity contribution in [3.63, 3.8) is 0 Å². The number of carbonyl (C=O) groups excluding carboxylic acids is 2. The minimum Gasteiger partial charge on any atom is -0.459 e. The third-order valence-corrected chi connectivity index (χ3v) is 4.64. The third-order valence-electron chi connectivity index (χ3n) is 4.38. The Morgan fingerprint density at radius 1 is 1.13 bits per heavy atom. The molecule has 1 N–H and O–H groups in total. The van der Waals surface area contributed by atoms with E-state index in [9.17, 15) is 14.4 Å². The van der Waals surface area contributed by atoms with Crippen molar-refractivity contribution in [3.8, 4) is 11.3 Å². The molecule has 1 aromatic carbocycles. The standard InChI is InChI=1S/C22H22ClN3O5/c1-2-3-12-26-21(28)11-9-18(25-26)22(29)30-14-20(27)24-13-17-8-10-19(31-17)15-4-6-16(23)7-5-15/h4-11H,2-3,12-14H2,1H3,(H,24,27). The first-order valence-electron chi connectivity index (χ1n) is 9.83. The summed E-state index contributed by atoms with van der Waals surface area (Å²) in [4.78, 5) is 35.9. The van der Waals surface area contributed by atoms with E-state index < -0.39 is 18.5 Å². The largest absolute Gasteiger partial charge is 0.459 e. The summed E-state index contributed by atoms with van der Waals surface area (Å²) in [5.74, 6) is -0.0635. The van der Waals surface area contributed by atoms with E-state index in [0.29, 0.717) is 23.1 Å². The highest BCUT2D eigenvalue weighted by atomic mass is 35.5. The second-order valence-corrected chi connectivity index (χ2v) is 7.20. The number of aromatic nitrogens is 2. The highest BCUT2D eigenvalue weighted by molar-refractivity contribution is 6.30. The molecule has 2 heterocycles. The van der Waals surface area contributed by atoms with E-state index in [4.69, 9.17) is 20.8 Å². The van der Waals surface area contributed by atoms with Crippen molar-refractivity contribution in [3.05, 3.63) is 75.4 Å². The number of amides is 1. The number of unbranched alkanes of at least 4 members (excludes halogenated alkanes) is 1. The van der Waals surface area contributed by atoms with Crippen molar-refractivity contribution >= 4 is 23.5 Å². The molecule has 31 heavy (non-hydrogen) atoms. The molecule has 0 bridgehead atoms. The summed E-state index contributed by atoms with van der Waals surface area (Å²) in [6.07, 6.45) is 1.65. The summed E-state index contributed by atoms with van der Waals surface area (Å²) < 4.78 is 11.9. The quantitative estimate of drug-likeness (QED) is 0.508. The van der Waals surface area contributed by atoms with Gasteiger partial charge in [-0.15, -0.1) is 0 Å². The van der Waals surface area contributed by atoms with Crippen LogP contribution < -0.4 is 10.9 Å². The molecule has 0 spiro atoms. The monoisotopic (exact) mass is 443 g/mol. The highest BCUT2D eigenvalue weighted by Crippen LogP contribution is 2.23. The van der Waals surface area contributed by atoms with Crippen LogP contribution >= 0.6 is 11.6 Å². The Morgan fingerprint density at radius 3 is 2.65 bits per heavy atom. The Balaban J connectivity index is 1.49. The fourth-order valence-electron chi connectivity index (χ4n) is 2.71. The van der Waals surface area contributed by atoms with Crippen molar-refractivity contribution in [2.24, 2.45) is 0 Å². The average Bonchev–Trinajstić information content (AvgIpc) is 3.25. The number of carbonyl (C=O) groups is 2. The molecule has 9 heteroatoms. The van der Waals surface area contributed by atoms with Gasteiger partial charge in [0.2, 0.25) is 0 Å². The van der Waals surface area contributed by atoms with Crippen LogP contribution in [-0.4, -0.2) is 28.3 Å². The molecule has 0 atom stereocenters. The number of hydrogen-bond acceptors (Lipinski definition) is 6.